The highest BCUT2D eigenvalue weighted by molar-refractivity contribution is 6.03. The average Bonchev–Trinajstić information content (AvgIpc) is 2.53. The zero-order chi connectivity index (χ0) is 16.8. The van der Waals surface area contributed by atoms with Crippen LogP contribution in [0.25, 0.3) is 33.4 Å². The van der Waals surface area contributed by atoms with Crippen LogP contribution in [0, 0.1) is 20.8 Å². The van der Waals surface area contributed by atoms with E-state index in [1.807, 2.05) is 24.3 Å². The predicted molar refractivity (Wildman–Crippen MR) is 98.8 cm³/mol. The lowest BCUT2D eigenvalue weighted by Gasteiger charge is -2.19. The highest BCUT2D eigenvalue weighted by Gasteiger charge is 2.19. The van der Waals surface area contributed by atoms with Gasteiger partial charge in [-0.25, -0.2) is 0 Å². The van der Waals surface area contributed by atoms with Gasteiger partial charge >= 0.3 is 0 Å². The molecule has 2 aromatic rings. The lowest BCUT2D eigenvalue weighted by Crippen LogP contribution is -2.01. The zero-order valence-electron chi connectivity index (χ0n) is 14.0. The van der Waals surface area contributed by atoms with Gasteiger partial charge in [-0.2, -0.15) is 0 Å². The summed E-state index contributed by atoms with van der Waals surface area (Å²) < 4.78 is 5.99. The largest absolute Gasteiger partial charge is 0.456 e. The van der Waals surface area contributed by atoms with Crippen LogP contribution in [-0.2, 0) is 0 Å². The van der Waals surface area contributed by atoms with E-state index in [2.05, 4.69) is 39.0 Å². The summed E-state index contributed by atoms with van der Waals surface area (Å²) in [7, 11) is 0. The molecule has 0 aromatic heterocycles. The van der Waals surface area contributed by atoms with Crippen LogP contribution in [0.2, 0.25) is 0 Å². The molecular formula is C22H18O2. The minimum Gasteiger partial charge on any atom is -0.456 e. The van der Waals surface area contributed by atoms with Gasteiger partial charge < -0.3 is 4.42 Å². The van der Waals surface area contributed by atoms with Crippen molar-refractivity contribution in [1.82, 2.24) is 0 Å². The second kappa shape index (κ2) is 5.34. The molecule has 118 valence electrons. The minimum atomic E-state index is -0.0372. The van der Waals surface area contributed by atoms with Crippen molar-refractivity contribution in [3.05, 3.63) is 81.5 Å². The number of hydrogen-bond acceptors (Lipinski definition) is 2. The molecule has 0 N–H and O–H groups in total. The van der Waals surface area contributed by atoms with Gasteiger partial charge in [0.15, 0.2) is 5.43 Å². The van der Waals surface area contributed by atoms with E-state index in [9.17, 15) is 4.79 Å². The van der Waals surface area contributed by atoms with Crippen LogP contribution in [0.1, 0.15) is 16.7 Å². The Bertz CT molecular complexity index is 1080. The predicted octanol–water partition coefficient (Wildman–Crippen LogP) is 5.49. The first-order valence-corrected chi connectivity index (χ1v) is 8.08. The Balaban J connectivity index is 2.24. The van der Waals surface area contributed by atoms with E-state index >= 15 is 0 Å². The fourth-order valence-corrected chi connectivity index (χ4v) is 3.66. The summed E-state index contributed by atoms with van der Waals surface area (Å²) in [6, 6.07) is 17.5. The van der Waals surface area contributed by atoms with Gasteiger partial charge in [-0.05, 0) is 55.7 Å². The molecule has 2 nitrogen and oxygen atoms in total. The number of para-hydroxylation sites is 1. The Morgan fingerprint density at radius 1 is 0.792 bits per heavy atom. The van der Waals surface area contributed by atoms with Gasteiger partial charge in [0.25, 0.3) is 0 Å². The first-order valence-electron chi connectivity index (χ1n) is 8.08. The molecule has 0 saturated carbocycles. The van der Waals surface area contributed by atoms with Crippen molar-refractivity contribution in [2.45, 2.75) is 20.8 Å². The van der Waals surface area contributed by atoms with Crippen LogP contribution in [0.15, 0.2) is 63.8 Å². The van der Waals surface area contributed by atoms with Crippen molar-refractivity contribution in [3.63, 3.8) is 0 Å². The summed E-state index contributed by atoms with van der Waals surface area (Å²) in [5.41, 5.74) is 7.81. The van der Waals surface area contributed by atoms with Gasteiger partial charge in [-0.15, -0.1) is 0 Å². The van der Waals surface area contributed by atoms with E-state index in [-0.39, 0.29) is 5.43 Å². The molecule has 0 saturated heterocycles. The normalized spacial score (nSPS) is 11.3. The molecule has 0 spiro atoms. The Hall–Kier alpha value is -2.87. The first-order chi connectivity index (χ1) is 11.5. The smallest absolute Gasteiger partial charge is 0.182 e. The van der Waals surface area contributed by atoms with E-state index in [1.165, 1.54) is 22.3 Å². The van der Waals surface area contributed by atoms with E-state index in [0.29, 0.717) is 5.76 Å². The maximum atomic E-state index is 11.8. The van der Waals surface area contributed by atoms with Crippen molar-refractivity contribution < 1.29 is 4.42 Å². The van der Waals surface area contributed by atoms with Gasteiger partial charge in [0.05, 0.1) is 0 Å². The van der Waals surface area contributed by atoms with Gasteiger partial charge in [-0.1, -0.05) is 35.9 Å². The van der Waals surface area contributed by atoms with Crippen molar-refractivity contribution in [2.24, 2.45) is 0 Å². The number of fused-ring (bicyclic) bond motifs is 2. The molecule has 0 bridgehead atoms. The standard InChI is InChI=1S/C22H18O2/c1-13-10-14(2)21(15(3)11-13)22-17-6-4-5-7-19(17)24-20-12-16(23)8-9-18(20)22/h4-12H,1-3H3. The third-order valence-electron chi connectivity index (χ3n) is 4.53. The van der Waals surface area contributed by atoms with Crippen LogP contribution in [-0.4, -0.2) is 0 Å². The van der Waals surface area contributed by atoms with E-state index in [4.69, 9.17) is 4.42 Å². The zero-order valence-corrected chi connectivity index (χ0v) is 14.0. The number of benzene rings is 3. The highest BCUT2D eigenvalue weighted by atomic mass is 16.3. The van der Waals surface area contributed by atoms with Gasteiger partial charge in [-0.3, -0.25) is 4.79 Å². The molecule has 4 rings (SSSR count). The summed E-state index contributed by atoms with van der Waals surface area (Å²) in [5.74, 6) is 0.635. The van der Waals surface area contributed by atoms with Gasteiger partial charge in [0.1, 0.15) is 11.3 Å². The molecule has 1 aliphatic heterocycles. The average molecular weight is 314 g/mol. The van der Waals surface area contributed by atoms with Crippen molar-refractivity contribution >= 4 is 11.0 Å². The summed E-state index contributed by atoms with van der Waals surface area (Å²) in [4.78, 5) is 11.8. The molecule has 0 radical (unpaired) electrons. The third kappa shape index (κ3) is 2.23. The SMILES string of the molecule is Cc1cc(C)c(-c2c3ccc(=O)cc-3oc3ccccc23)c(C)c1. The molecule has 0 atom stereocenters. The van der Waals surface area contributed by atoms with Crippen molar-refractivity contribution in [2.75, 3.05) is 0 Å². The summed E-state index contributed by atoms with van der Waals surface area (Å²) in [5, 5.41) is 1.07. The van der Waals surface area contributed by atoms with Crippen molar-refractivity contribution in [1.29, 1.82) is 0 Å². The van der Waals surface area contributed by atoms with Crippen LogP contribution >= 0.6 is 0 Å². The molecule has 24 heavy (non-hydrogen) atoms. The molecule has 1 aliphatic carbocycles. The fourth-order valence-electron chi connectivity index (χ4n) is 3.66. The van der Waals surface area contributed by atoms with Gasteiger partial charge in [0.2, 0.25) is 0 Å². The minimum absolute atomic E-state index is 0.0372. The molecule has 0 fully saturated rings. The van der Waals surface area contributed by atoms with E-state index in [1.54, 1.807) is 12.1 Å². The monoisotopic (exact) mass is 314 g/mol. The van der Waals surface area contributed by atoms with Gasteiger partial charge in [0, 0.05) is 22.6 Å². The molecule has 2 heteroatoms. The van der Waals surface area contributed by atoms with Crippen LogP contribution in [0.4, 0.5) is 0 Å². The van der Waals surface area contributed by atoms with Crippen LogP contribution in [0.5, 0.6) is 0 Å². The van der Waals surface area contributed by atoms with E-state index < -0.39 is 0 Å². The third-order valence-corrected chi connectivity index (χ3v) is 4.53. The first kappa shape index (κ1) is 14.7. The topological polar surface area (TPSA) is 30.2 Å². The number of hydrogen-bond donors (Lipinski definition) is 0. The Labute approximate surface area is 140 Å². The molecule has 1 heterocycles. The van der Waals surface area contributed by atoms with E-state index in [0.717, 1.165) is 22.1 Å². The summed E-state index contributed by atoms with van der Waals surface area (Å²) >= 11 is 0. The maximum Gasteiger partial charge on any atom is 0.182 e. The Morgan fingerprint density at radius 3 is 2.25 bits per heavy atom. The maximum absolute atomic E-state index is 11.8. The Morgan fingerprint density at radius 2 is 1.50 bits per heavy atom. The molecule has 2 aliphatic rings. The second-order valence-corrected chi connectivity index (χ2v) is 6.40. The molecule has 0 unspecified atom stereocenters. The van der Waals surface area contributed by atoms with Crippen LogP contribution < -0.4 is 5.43 Å². The quantitative estimate of drug-likeness (QED) is 0.435. The number of aryl methyl sites for hydroxylation is 3. The fraction of sp³-hybridized carbons (Fsp3) is 0.136. The summed E-state index contributed by atoms with van der Waals surface area (Å²) in [6.45, 7) is 6.40. The highest BCUT2D eigenvalue weighted by Crippen LogP contribution is 2.42. The molecular weight excluding hydrogens is 296 g/mol. The number of rotatable bonds is 1. The molecule has 0 amide bonds. The molecule has 2 aromatic carbocycles. The lowest BCUT2D eigenvalue weighted by atomic mass is 9.87. The van der Waals surface area contributed by atoms with Crippen molar-refractivity contribution in [3.8, 4) is 22.5 Å². The second-order valence-electron chi connectivity index (χ2n) is 6.40. The van der Waals surface area contributed by atoms with Crippen LogP contribution in [0.3, 0.4) is 0 Å². The summed E-state index contributed by atoms with van der Waals surface area (Å²) in [6.07, 6.45) is 0. The Kier molecular flexibility index (Phi) is 3.27. The lowest BCUT2D eigenvalue weighted by molar-refractivity contribution is 0.619.